The van der Waals surface area contributed by atoms with Gasteiger partial charge in [0.15, 0.2) is 0 Å². The molecule has 0 aromatic heterocycles. The topological polar surface area (TPSA) is 46.3 Å². The second kappa shape index (κ2) is 8.87. The molecule has 0 bridgehead atoms. The number of carbonyl (C=O) groups excluding carboxylic acids is 1. The first-order valence-corrected chi connectivity index (χ1v) is 6.28. The number of benzene rings is 1. The van der Waals surface area contributed by atoms with Gasteiger partial charge in [-0.05, 0) is 12.5 Å². The summed E-state index contributed by atoms with van der Waals surface area (Å²) < 4.78 is 25.2. The van der Waals surface area contributed by atoms with E-state index in [4.69, 9.17) is 5.73 Å². The van der Waals surface area contributed by atoms with Gasteiger partial charge in [0.05, 0.1) is 12.5 Å². The Balaban J connectivity index is 0.00000361. The van der Waals surface area contributed by atoms with Crippen molar-refractivity contribution in [3.8, 4) is 0 Å². The molecule has 0 aliphatic rings. The highest BCUT2D eigenvalue weighted by Gasteiger charge is 2.25. The van der Waals surface area contributed by atoms with Gasteiger partial charge >= 0.3 is 0 Å². The number of hydrogen-bond donors (Lipinski definition) is 1. The van der Waals surface area contributed by atoms with Gasteiger partial charge in [-0.3, -0.25) is 4.79 Å². The molecule has 20 heavy (non-hydrogen) atoms. The second-order valence-corrected chi connectivity index (χ2v) is 4.74. The molecular formula is C14H21ClF2N2O. The molecule has 0 radical (unpaired) electrons. The first-order valence-electron chi connectivity index (χ1n) is 6.28. The Morgan fingerprint density at radius 1 is 1.25 bits per heavy atom. The van der Waals surface area contributed by atoms with E-state index in [1.807, 2.05) is 30.3 Å². The zero-order chi connectivity index (χ0) is 14.4. The molecule has 2 N–H and O–H groups in total. The summed E-state index contributed by atoms with van der Waals surface area (Å²) in [6.07, 6.45) is -2.55. The Morgan fingerprint density at radius 3 is 2.25 bits per heavy atom. The summed E-state index contributed by atoms with van der Waals surface area (Å²) >= 11 is 0. The monoisotopic (exact) mass is 306 g/mol. The van der Waals surface area contributed by atoms with Gasteiger partial charge in [-0.2, -0.15) is 0 Å². The highest BCUT2D eigenvalue weighted by Crippen LogP contribution is 2.13. The highest BCUT2D eigenvalue weighted by molar-refractivity contribution is 5.85. The van der Waals surface area contributed by atoms with Crippen molar-refractivity contribution >= 4 is 18.3 Å². The third kappa shape index (κ3) is 5.84. The predicted octanol–water partition coefficient (Wildman–Crippen LogP) is 2.69. The Labute approximate surface area is 124 Å². The van der Waals surface area contributed by atoms with E-state index in [9.17, 15) is 13.6 Å². The van der Waals surface area contributed by atoms with Gasteiger partial charge in [-0.1, -0.05) is 37.3 Å². The molecule has 0 saturated carbocycles. The van der Waals surface area contributed by atoms with Crippen LogP contribution in [-0.4, -0.2) is 29.8 Å². The van der Waals surface area contributed by atoms with Crippen LogP contribution in [0.5, 0.6) is 0 Å². The van der Waals surface area contributed by atoms with Crippen molar-refractivity contribution in [2.45, 2.75) is 32.9 Å². The van der Waals surface area contributed by atoms with E-state index in [1.165, 1.54) is 4.90 Å². The number of hydrogen-bond acceptors (Lipinski definition) is 2. The van der Waals surface area contributed by atoms with Crippen LogP contribution in [0.2, 0.25) is 0 Å². The maximum atomic E-state index is 12.6. The minimum absolute atomic E-state index is 0. The minimum Gasteiger partial charge on any atom is -0.332 e. The average molecular weight is 307 g/mol. The van der Waals surface area contributed by atoms with E-state index >= 15 is 0 Å². The van der Waals surface area contributed by atoms with Crippen LogP contribution < -0.4 is 5.73 Å². The lowest BCUT2D eigenvalue weighted by Crippen LogP contribution is -2.43. The molecule has 2 atom stereocenters. The zero-order valence-electron chi connectivity index (χ0n) is 11.6. The summed E-state index contributed by atoms with van der Waals surface area (Å²) in [4.78, 5) is 13.3. The average Bonchev–Trinajstić information content (AvgIpc) is 2.36. The number of amides is 1. The molecule has 1 aromatic carbocycles. The van der Waals surface area contributed by atoms with Gasteiger partial charge in [0.1, 0.15) is 0 Å². The van der Waals surface area contributed by atoms with Crippen molar-refractivity contribution < 1.29 is 13.6 Å². The van der Waals surface area contributed by atoms with E-state index in [0.29, 0.717) is 0 Å². The number of nitrogens with zero attached hydrogens (tertiary/aromatic N) is 1. The number of halogens is 3. The number of alkyl halides is 2. The molecule has 0 fully saturated rings. The highest BCUT2D eigenvalue weighted by atomic mass is 35.5. The zero-order valence-corrected chi connectivity index (χ0v) is 12.4. The molecule has 1 rings (SSSR count). The smallest absolute Gasteiger partial charge is 0.255 e. The van der Waals surface area contributed by atoms with Crippen molar-refractivity contribution in [1.82, 2.24) is 4.90 Å². The summed E-state index contributed by atoms with van der Waals surface area (Å²) in [6, 6.07) is 8.73. The third-order valence-corrected chi connectivity index (χ3v) is 3.06. The van der Waals surface area contributed by atoms with Crippen molar-refractivity contribution in [2.75, 3.05) is 6.54 Å². The van der Waals surface area contributed by atoms with Crippen molar-refractivity contribution in [1.29, 1.82) is 0 Å². The molecule has 0 spiro atoms. The standard InChI is InChI=1S/C14H20F2N2O.ClH/c1-10(11(2)17)14(19)18(9-13(15)16)8-12-6-4-3-5-7-12;/h3-7,10-11,13H,8-9,17H2,1-2H3;1H. The summed E-state index contributed by atoms with van der Waals surface area (Å²) in [6.45, 7) is 2.98. The molecule has 0 heterocycles. The summed E-state index contributed by atoms with van der Waals surface area (Å²) in [5.41, 5.74) is 6.49. The molecular weight excluding hydrogens is 286 g/mol. The minimum atomic E-state index is -2.55. The van der Waals surface area contributed by atoms with E-state index in [1.54, 1.807) is 13.8 Å². The predicted molar refractivity (Wildman–Crippen MR) is 77.9 cm³/mol. The Kier molecular flexibility index (Phi) is 8.34. The second-order valence-electron chi connectivity index (χ2n) is 4.74. The van der Waals surface area contributed by atoms with Crippen molar-refractivity contribution in [2.24, 2.45) is 11.7 Å². The lowest BCUT2D eigenvalue weighted by molar-refractivity contribution is -0.138. The fourth-order valence-corrected chi connectivity index (χ4v) is 1.72. The van der Waals surface area contributed by atoms with Crippen LogP contribution in [0, 0.1) is 5.92 Å². The van der Waals surface area contributed by atoms with Crippen LogP contribution in [0.1, 0.15) is 19.4 Å². The van der Waals surface area contributed by atoms with Crippen LogP contribution >= 0.6 is 12.4 Å². The maximum absolute atomic E-state index is 12.6. The lowest BCUT2D eigenvalue weighted by atomic mass is 10.0. The number of carbonyl (C=O) groups is 1. The fourth-order valence-electron chi connectivity index (χ4n) is 1.72. The first kappa shape index (κ1) is 18.8. The van der Waals surface area contributed by atoms with E-state index < -0.39 is 18.9 Å². The Morgan fingerprint density at radius 2 is 1.80 bits per heavy atom. The Bertz CT molecular complexity index is 401. The van der Waals surface area contributed by atoms with E-state index in [0.717, 1.165) is 5.56 Å². The summed E-state index contributed by atoms with van der Waals surface area (Å²) in [5.74, 6) is -0.804. The van der Waals surface area contributed by atoms with Gasteiger partial charge in [-0.15, -0.1) is 12.4 Å². The van der Waals surface area contributed by atoms with Crippen LogP contribution in [0.25, 0.3) is 0 Å². The molecule has 1 amide bonds. The molecule has 0 aliphatic heterocycles. The van der Waals surface area contributed by atoms with Crippen molar-refractivity contribution in [3.05, 3.63) is 35.9 Å². The first-order chi connectivity index (χ1) is 8.91. The van der Waals surface area contributed by atoms with Gasteiger partial charge in [0.25, 0.3) is 6.43 Å². The van der Waals surface area contributed by atoms with E-state index in [2.05, 4.69) is 0 Å². The molecule has 2 unspecified atom stereocenters. The number of rotatable bonds is 6. The normalized spacial score (nSPS) is 13.5. The third-order valence-electron chi connectivity index (χ3n) is 3.06. The molecule has 114 valence electrons. The number of nitrogens with two attached hydrogens (primary N) is 1. The van der Waals surface area contributed by atoms with Gasteiger partial charge in [-0.25, -0.2) is 8.78 Å². The Hall–Kier alpha value is -1.20. The van der Waals surface area contributed by atoms with E-state index in [-0.39, 0.29) is 30.9 Å². The van der Waals surface area contributed by atoms with Crippen LogP contribution in [-0.2, 0) is 11.3 Å². The van der Waals surface area contributed by atoms with Crippen molar-refractivity contribution in [3.63, 3.8) is 0 Å². The molecule has 1 aromatic rings. The van der Waals surface area contributed by atoms with Gasteiger partial charge < -0.3 is 10.6 Å². The molecule has 0 aliphatic carbocycles. The van der Waals surface area contributed by atoms with Gasteiger partial charge in [0, 0.05) is 12.6 Å². The summed E-state index contributed by atoms with van der Waals surface area (Å²) in [7, 11) is 0. The maximum Gasteiger partial charge on any atom is 0.255 e. The molecule has 0 saturated heterocycles. The molecule has 3 nitrogen and oxygen atoms in total. The molecule has 6 heteroatoms. The fraction of sp³-hybridized carbons (Fsp3) is 0.500. The van der Waals surface area contributed by atoms with Crippen LogP contribution in [0.4, 0.5) is 8.78 Å². The lowest BCUT2D eigenvalue weighted by Gasteiger charge is -2.27. The summed E-state index contributed by atoms with van der Waals surface area (Å²) in [5, 5.41) is 0. The SMILES string of the molecule is CC(N)C(C)C(=O)N(Cc1ccccc1)CC(F)F.Cl. The van der Waals surface area contributed by atoms with Crippen LogP contribution in [0.3, 0.4) is 0 Å². The quantitative estimate of drug-likeness (QED) is 0.878. The van der Waals surface area contributed by atoms with Gasteiger partial charge in [0.2, 0.25) is 5.91 Å². The van der Waals surface area contributed by atoms with Crippen LogP contribution in [0.15, 0.2) is 30.3 Å². The largest absolute Gasteiger partial charge is 0.332 e.